The van der Waals surface area contributed by atoms with Crippen molar-refractivity contribution >= 4 is 29.0 Å². The number of carbonyl (C=O) groups is 2. The van der Waals surface area contributed by atoms with E-state index in [2.05, 4.69) is 10.3 Å². The summed E-state index contributed by atoms with van der Waals surface area (Å²) in [6, 6.07) is 10.5. The van der Waals surface area contributed by atoms with E-state index in [-0.39, 0.29) is 23.6 Å². The van der Waals surface area contributed by atoms with E-state index in [4.69, 9.17) is 9.72 Å². The number of nitrogens with one attached hydrogen (secondary N) is 1. The number of amides is 2. The average Bonchev–Trinajstić information content (AvgIpc) is 3.68. The molecule has 1 aliphatic heterocycles. The minimum absolute atomic E-state index is 0.105. The Balaban J connectivity index is 1.45. The summed E-state index contributed by atoms with van der Waals surface area (Å²) < 4.78 is 6.64. The summed E-state index contributed by atoms with van der Waals surface area (Å²) in [7, 11) is 0. The predicted molar refractivity (Wildman–Crippen MR) is 131 cm³/mol. The van der Waals surface area contributed by atoms with Crippen LogP contribution in [0.4, 0.5) is 10.7 Å². The van der Waals surface area contributed by atoms with Gasteiger partial charge in [-0.1, -0.05) is 0 Å². The molecular formula is C25H28N6O4. The first kappa shape index (κ1) is 22.8. The van der Waals surface area contributed by atoms with Crippen LogP contribution in [0.3, 0.4) is 0 Å². The Kier molecular flexibility index (Phi) is 6.10. The second-order valence-electron chi connectivity index (χ2n) is 8.82. The number of ether oxygens (including phenoxy) is 1. The molecule has 1 saturated carbocycles. The van der Waals surface area contributed by atoms with Gasteiger partial charge in [0.15, 0.2) is 5.65 Å². The van der Waals surface area contributed by atoms with Crippen molar-refractivity contribution in [1.29, 1.82) is 0 Å². The third kappa shape index (κ3) is 4.68. The predicted octanol–water partition coefficient (Wildman–Crippen LogP) is 2.26. The van der Waals surface area contributed by atoms with Crippen molar-refractivity contribution in [3.05, 3.63) is 58.0 Å². The van der Waals surface area contributed by atoms with E-state index in [9.17, 15) is 14.4 Å². The van der Waals surface area contributed by atoms with Crippen LogP contribution in [0.25, 0.3) is 16.7 Å². The molecule has 1 saturated heterocycles. The van der Waals surface area contributed by atoms with Crippen molar-refractivity contribution in [3.63, 3.8) is 0 Å². The van der Waals surface area contributed by atoms with Gasteiger partial charge in [0.25, 0.3) is 11.5 Å². The highest BCUT2D eigenvalue weighted by Gasteiger charge is 2.25. The maximum absolute atomic E-state index is 12.9. The van der Waals surface area contributed by atoms with Gasteiger partial charge in [-0.3, -0.25) is 14.2 Å². The molecular weight excluding hydrogens is 448 g/mol. The van der Waals surface area contributed by atoms with Gasteiger partial charge < -0.3 is 19.9 Å². The van der Waals surface area contributed by atoms with E-state index in [1.807, 2.05) is 11.8 Å². The molecule has 10 nitrogen and oxygen atoms in total. The Hall–Kier alpha value is -3.95. The lowest BCUT2D eigenvalue weighted by atomic mass is 10.1. The van der Waals surface area contributed by atoms with Crippen LogP contribution in [0.2, 0.25) is 0 Å². The van der Waals surface area contributed by atoms with Crippen LogP contribution in [-0.2, 0) is 4.74 Å². The van der Waals surface area contributed by atoms with E-state index >= 15 is 0 Å². The molecule has 2 fully saturated rings. The lowest BCUT2D eigenvalue weighted by Crippen LogP contribution is -2.49. The number of hydrogen-bond acceptors (Lipinski definition) is 7. The van der Waals surface area contributed by atoms with Crippen molar-refractivity contribution < 1.29 is 14.3 Å². The molecule has 2 aliphatic rings. The fourth-order valence-electron chi connectivity index (χ4n) is 4.20. The maximum Gasteiger partial charge on any atom is 0.409 e. The summed E-state index contributed by atoms with van der Waals surface area (Å²) in [5.74, 6) is 0.407. The second kappa shape index (κ2) is 9.36. The minimum Gasteiger partial charge on any atom is -0.450 e. The van der Waals surface area contributed by atoms with Crippen LogP contribution >= 0.6 is 0 Å². The van der Waals surface area contributed by atoms with E-state index in [1.54, 1.807) is 46.7 Å². The number of carbonyl (C=O) groups excluding carboxylic acids is 2. The minimum atomic E-state index is -0.314. The molecule has 0 spiro atoms. The highest BCUT2D eigenvalue weighted by Crippen LogP contribution is 2.23. The van der Waals surface area contributed by atoms with Gasteiger partial charge in [-0.05, 0) is 57.0 Å². The molecule has 0 atom stereocenters. The van der Waals surface area contributed by atoms with Crippen LogP contribution in [0, 0.1) is 6.92 Å². The Labute approximate surface area is 202 Å². The van der Waals surface area contributed by atoms with Crippen molar-refractivity contribution in [2.75, 3.05) is 37.7 Å². The molecule has 0 unspecified atom stereocenters. The summed E-state index contributed by atoms with van der Waals surface area (Å²) in [5, 5.41) is 3.75. The van der Waals surface area contributed by atoms with Crippen LogP contribution in [0.1, 0.15) is 35.8 Å². The number of anilines is 1. The van der Waals surface area contributed by atoms with Gasteiger partial charge in [-0.15, -0.1) is 0 Å². The van der Waals surface area contributed by atoms with E-state index in [0.717, 1.165) is 23.9 Å². The SMILES string of the molecule is CCOC(=O)N1CCN(c2nc(C)c3ccc(=O)n(-c4ccc(C(=O)NC5CC5)cc4)c3n2)CC1. The van der Waals surface area contributed by atoms with E-state index < -0.39 is 0 Å². The van der Waals surface area contributed by atoms with Crippen LogP contribution in [-0.4, -0.2) is 70.3 Å². The van der Waals surface area contributed by atoms with Gasteiger partial charge in [-0.2, -0.15) is 4.98 Å². The first-order chi connectivity index (χ1) is 16.9. The zero-order chi connectivity index (χ0) is 24.5. The fourth-order valence-corrected chi connectivity index (χ4v) is 4.20. The maximum atomic E-state index is 12.9. The highest BCUT2D eigenvalue weighted by atomic mass is 16.6. The zero-order valence-corrected chi connectivity index (χ0v) is 19.9. The normalized spacial score (nSPS) is 15.8. The van der Waals surface area contributed by atoms with Crippen molar-refractivity contribution in [2.24, 2.45) is 0 Å². The Morgan fingerprint density at radius 3 is 2.40 bits per heavy atom. The van der Waals surface area contributed by atoms with Crippen LogP contribution in [0.5, 0.6) is 0 Å². The topological polar surface area (TPSA) is 110 Å². The number of aryl methyl sites for hydroxylation is 1. The van der Waals surface area contributed by atoms with E-state index in [1.165, 1.54) is 6.07 Å². The van der Waals surface area contributed by atoms with Gasteiger partial charge in [0.2, 0.25) is 5.95 Å². The first-order valence-corrected chi connectivity index (χ1v) is 11.9. The summed E-state index contributed by atoms with van der Waals surface area (Å²) in [6.07, 6.45) is 1.73. The smallest absolute Gasteiger partial charge is 0.409 e. The molecule has 35 heavy (non-hydrogen) atoms. The summed E-state index contributed by atoms with van der Waals surface area (Å²) >= 11 is 0. The summed E-state index contributed by atoms with van der Waals surface area (Å²) in [4.78, 5) is 50.4. The van der Waals surface area contributed by atoms with Gasteiger partial charge in [0.05, 0.1) is 18.0 Å². The number of aromatic nitrogens is 3. The van der Waals surface area contributed by atoms with Gasteiger partial charge in [0, 0.05) is 49.2 Å². The van der Waals surface area contributed by atoms with Crippen LogP contribution < -0.4 is 15.8 Å². The highest BCUT2D eigenvalue weighted by molar-refractivity contribution is 5.94. The summed E-state index contributed by atoms with van der Waals surface area (Å²) in [5.41, 5.74) is 2.22. The van der Waals surface area contributed by atoms with Gasteiger partial charge in [0.1, 0.15) is 0 Å². The van der Waals surface area contributed by atoms with Crippen molar-refractivity contribution in [2.45, 2.75) is 32.7 Å². The largest absolute Gasteiger partial charge is 0.450 e. The molecule has 3 heterocycles. The van der Waals surface area contributed by atoms with Gasteiger partial charge >= 0.3 is 6.09 Å². The number of nitrogens with zero attached hydrogens (tertiary/aromatic N) is 5. The first-order valence-electron chi connectivity index (χ1n) is 11.9. The Bertz CT molecular complexity index is 1320. The molecule has 2 amide bonds. The quantitative estimate of drug-likeness (QED) is 0.602. The molecule has 182 valence electrons. The number of benzene rings is 1. The fraction of sp³-hybridized carbons (Fsp3) is 0.400. The summed E-state index contributed by atoms with van der Waals surface area (Å²) in [6.45, 7) is 6.15. The van der Waals surface area contributed by atoms with Crippen LogP contribution in [0.15, 0.2) is 41.2 Å². The zero-order valence-electron chi connectivity index (χ0n) is 19.9. The molecule has 3 aromatic rings. The average molecular weight is 477 g/mol. The van der Waals surface area contributed by atoms with Crippen molar-refractivity contribution in [3.8, 4) is 5.69 Å². The molecule has 0 bridgehead atoms. The molecule has 2 aromatic heterocycles. The Morgan fingerprint density at radius 2 is 1.74 bits per heavy atom. The molecule has 1 N–H and O–H groups in total. The molecule has 1 aromatic carbocycles. The standard InChI is InChI=1S/C25H28N6O4/c1-3-35-25(34)30-14-12-29(13-15-30)24-26-16(2)20-10-11-21(32)31(22(20)28-24)19-8-4-17(5-9-19)23(33)27-18-6-7-18/h4-5,8-11,18H,3,6-7,12-15H2,1-2H3,(H,27,33). The number of piperazine rings is 1. The molecule has 10 heteroatoms. The third-order valence-electron chi connectivity index (χ3n) is 6.32. The van der Waals surface area contributed by atoms with E-state index in [0.29, 0.717) is 55.6 Å². The van der Waals surface area contributed by atoms with Gasteiger partial charge in [-0.25, -0.2) is 9.78 Å². The second-order valence-corrected chi connectivity index (χ2v) is 8.82. The monoisotopic (exact) mass is 476 g/mol. The lowest BCUT2D eigenvalue weighted by molar-refractivity contribution is 0.0950. The molecule has 5 rings (SSSR count). The Morgan fingerprint density at radius 1 is 1.03 bits per heavy atom. The number of fused-ring (bicyclic) bond motifs is 1. The number of hydrogen-bond donors (Lipinski definition) is 1. The number of pyridine rings is 1. The number of rotatable bonds is 5. The molecule has 0 radical (unpaired) electrons. The van der Waals surface area contributed by atoms with Crippen molar-refractivity contribution in [1.82, 2.24) is 24.8 Å². The third-order valence-corrected chi connectivity index (χ3v) is 6.32. The lowest BCUT2D eigenvalue weighted by Gasteiger charge is -2.34. The molecule has 1 aliphatic carbocycles.